The number of methoxy groups -OCH3 is 2. The summed E-state index contributed by atoms with van der Waals surface area (Å²) in [5.74, 6) is -10.2. The summed E-state index contributed by atoms with van der Waals surface area (Å²) in [5.41, 5.74) is 0.0598. The van der Waals surface area contributed by atoms with Crippen LogP contribution in [0.25, 0.3) is 34.4 Å². The molecule has 0 aliphatic carbocycles. The van der Waals surface area contributed by atoms with Gasteiger partial charge in [-0.25, -0.2) is 14.0 Å². The molecule has 1 aromatic heterocycles. The second-order valence-corrected chi connectivity index (χ2v) is 19.6. The summed E-state index contributed by atoms with van der Waals surface area (Å²) < 4.78 is 67.7. The summed E-state index contributed by atoms with van der Waals surface area (Å²) in [5, 5.41) is 161. The van der Waals surface area contributed by atoms with Crippen LogP contribution in [0.1, 0.15) is 17.5 Å². The van der Waals surface area contributed by atoms with Gasteiger partial charge in [-0.05, 0) is 47.5 Å². The van der Waals surface area contributed by atoms with Crippen LogP contribution in [-0.2, 0) is 52.3 Å². The van der Waals surface area contributed by atoms with Crippen LogP contribution >= 0.6 is 0 Å². The van der Waals surface area contributed by atoms with Crippen LogP contribution in [0.15, 0.2) is 83.3 Å². The maximum atomic E-state index is 13.1. The summed E-state index contributed by atoms with van der Waals surface area (Å²) in [4.78, 5) is 49.1. The first-order valence-corrected chi connectivity index (χ1v) is 25.9. The number of aromatic hydroxyl groups is 6. The molecule has 4 aromatic carbocycles. The van der Waals surface area contributed by atoms with Gasteiger partial charge in [0, 0.05) is 36.4 Å². The van der Waals surface area contributed by atoms with Crippen LogP contribution in [0.4, 0.5) is 0 Å². The standard InChI is InChI=1S/C56H58O31/c1-76-33-11-22(3-7-27(33)58)5-9-40(64)78-19-36-44(68)48(72)51(75)55(85-36)87-53-49(73)46(70)38(20-79-41(65)10-6-23-4-8-28(59)34(12-23)77-2)86-56(53)83-35-17-26-31(81-52(35)24-13-29(60)43(67)30(61)14-24)15-25(57)16-32(26)82-54-50(74)47(71)45(69)37(84-54)21-80-42(66)18-39(62)63/h3-17,36-38,44-51,53-56,68-75H,18-21H2,1-2H3,(H6-,57,58,59,60,61,62,63,64,65,67)/p+1. The summed E-state index contributed by atoms with van der Waals surface area (Å²) in [6, 6.07) is 13.0. The van der Waals surface area contributed by atoms with Gasteiger partial charge in [-0.2, -0.15) is 0 Å². The number of fused-ring (bicyclic) bond motifs is 1. The fraction of sp³-hybridized carbons (Fsp3) is 0.375. The van der Waals surface area contributed by atoms with E-state index in [1.807, 2.05) is 0 Å². The Morgan fingerprint density at radius 2 is 1.00 bits per heavy atom. The molecular weight excluding hydrogens is 1170 g/mol. The van der Waals surface area contributed by atoms with Crippen LogP contribution in [0.5, 0.6) is 57.5 Å². The van der Waals surface area contributed by atoms with E-state index in [1.54, 1.807) is 0 Å². The highest BCUT2D eigenvalue weighted by Gasteiger charge is 2.53. The molecule has 5 aromatic rings. The minimum Gasteiger partial charge on any atom is -0.507 e. The molecule has 87 heavy (non-hydrogen) atoms. The Morgan fingerprint density at radius 3 is 1.53 bits per heavy atom. The van der Waals surface area contributed by atoms with Crippen LogP contribution in [-0.4, -0.2) is 227 Å². The van der Waals surface area contributed by atoms with Gasteiger partial charge >= 0.3 is 35.2 Å². The SMILES string of the molecule is COc1cc(C=CC(=O)OCC2OC(OC3C(Oc4cc5c(OC6OC(COC(=O)CC(=O)O)C(O)C(O)C6O)cc(O)cc5[o+]c4-c4cc(O)c(O)c(O)c4)OC(COC(=O)C=Cc4ccc(O)c(OC)c4)C(O)C3O)C(O)C(O)C2O)ccc1O. The lowest BCUT2D eigenvalue weighted by Gasteiger charge is -2.45. The van der Waals surface area contributed by atoms with E-state index in [-0.39, 0.29) is 39.5 Å². The van der Waals surface area contributed by atoms with Crippen LogP contribution < -0.4 is 18.9 Å². The number of aliphatic hydroxyl groups is 8. The van der Waals surface area contributed by atoms with Crippen molar-refractivity contribution < 1.29 is 152 Å². The molecule has 15 unspecified atom stereocenters. The maximum absolute atomic E-state index is 13.1. The number of phenols is 6. The normalized spacial score (nSPS) is 27.4. The average Bonchev–Trinajstić information content (AvgIpc) is 1.40. The lowest BCUT2D eigenvalue weighted by molar-refractivity contribution is -0.358. The van der Waals surface area contributed by atoms with Gasteiger partial charge in [0.25, 0.3) is 0 Å². The summed E-state index contributed by atoms with van der Waals surface area (Å²) in [6.45, 7) is -2.57. The Labute approximate surface area is 489 Å². The lowest BCUT2D eigenvalue weighted by Crippen LogP contribution is -2.65. The highest BCUT2D eigenvalue weighted by Crippen LogP contribution is 2.46. The van der Waals surface area contributed by atoms with E-state index in [1.165, 1.54) is 62.8 Å². The summed E-state index contributed by atoms with van der Waals surface area (Å²) >= 11 is 0. The molecule has 8 rings (SSSR count). The number of aliphatic hydroxyl groups excluding tert-OH is 8. The van der Waals surface area contributed by atoms with Crippen LogP contribution in [0.3, 0.4) is 0 Å². The molecule has 4 heterocycles. The Bertz CT molecular complexity index is 3340. The summed E-state index contributed by atoms with van der Waals surface area (Å²) in [7, 11) is 2.61. The molecule has 3 saturated heterocycles. The van der Waals surface area contributed by atoms with Crippen molar-refractivity contribution in [2.24, 2.45) is 0 Å². The van der Waals surface area contributed by atoms with Crippen molar-refractivity contribution in [1.29, 1.82) is 0 Å². The van der Waals surface area contributed by atoms with E-state index in [2.05, 4.69) is 0 Å². The predicted molar refractivity (Wildman–Crippen MR) is 285 cm³/mol. The molecule has 0 radical (unpaired) electrons. The highest BCUT2D eigenvalue weighted by molar-refractivity contribution is 5.91. The Kier molecular flexibility index (Phi) is 20.4. The number of esters is 3. The number of carboxylic acid groups (broad SMARTS) is 1. The van der Waals surface area contributed by atoms with Crippen molar-refractivity contribution in [3.05, 3.63) is 90.0 Å². The van der Waals surface area contributed by atoms with E-state index in [0.717, 1.165) is 42.5 Å². The van der Waals surface area contributed by atoms with Crippen LogP contribution in [0.2, 0.25) is 0 Å². The van der Waals surface area contributed by atoms with E-state index >= 15 is 0 Å². The fourth-order valence-corrected chi connectivity index (χ4v) is 9.00. The number of hydrogen-bond donors (Lipinski definition) is 15. The lowest BCUT2D eigenvalue weighted by atomic mass is 9.97. The van der Waals surface area contributed by atoms with Gasteiger partial charge in [-0.15, -0.1) is 0 Å². The highest BCUT2D eigenvalue weighted by atomic mass is 16.8. The largest absolute Gasteiger partial charge is 0.507 e. The molecule has 15 atom stereocenters. The number of aliphatic carboxylic acids is 1. The zero-order valence-corrected chi connectivity index (χ0v) is 45.4. The summed E-state index contributed by atoms with van der Waals surface area (Å²) in [6.07, 6.45) is -27.1. The molecule has 0 amide bonds. The number of carbonyl (C=O) groups excluding carboxylic acids is 3. The molecule has 0 bridgehead atoms. The molecule has 3 aliphatic rings. The average molecular weight is 1230 g/mol. The third kappa shape index (κ3) is 15.1. The first-order valence-electron chi connectivity index (χ1n) is 25.9. The smallest absolute Gasteiger partial charge is 0.402 e. The Balaban J connectivity index is 1.14. The molecule has 0 spiro atoms. The molecule has 0 saturated carbocycles. The number of hydrogen-bond acceptors (Lipinski definition) is 29. The monoisotopic (exact) mass is 1230 g/mol. The van der Waals surface area contributed by atoms with Gasteiger partial charge in [0.15, 0.2) is 52.6 Å². The number of ether oxygens (including phenoxy) is 11. The molecule has 31 nitrogen and oxygen atoms in total. The van der Waals surface area contributed by atoms with Gasteiger partial charge in [-0.3, -0.25) is 9.59 Å². The molecular formula is C56H59O31+. The first-order chi connectivity index (χ1) is 41.3. The molecule has 3 aliphatic heterocycles. The zero-order chi connectivity index (χ0) is 63.1. The quantitative estimate of drug-likeness (QED) is 0.0109. The zero-order valence-electron chi connectivity index (χ0n) is 45.4. The Morgan fingerprint density at radius 1 is 0.517 bits per heavy atom. The number of carboxylic acids is 1. The first kappa shape index (κ1) is 64.2. The second kappa shape index (κ2) is 27.7. The van der Waals surface area contributed by atoms with Crippen LogP contribution in [0, 0.1) is 0 Å². The van der Waals surface area contributed by atoms with E-state index in [0.29, 0.717) is 11.1 Å². The number of phenolic OH excluding ortho intramolecular Hbond substituents is 6. The number of carbonyl (C=O) groups is 4. The van der Waals surface area contributed by atoms with E-state index in [4.69, 9.17) is 61.6 Å². The van der Waals surface area contributed by atoms with Crippen molar-refractivity contribution in [1.82, 2.24) is 0 Å². The van der Waals surface area contributed by atoms with Crippen molar-refractivity contribution >= 4 is 47.0 Å². The maximum Gasteiger partial charge on any atom is 0.402 e. The number of benzene rings is 4. The van der Waals surface area contributed by atoms with E-state index < -0.39 is 182 Å². The molecule has 15 N–H and O–H groups in total. The minimum atomic E-state index is -2.26. The van der Waals surface area contributed by atoms with Crippen molar-refractivity contribution in [3.8, 4) is 68.8 Å². The number of rotatable bonds is 21. The topological polar surface area (TPSA) is 485 Å². The Hall–Kier alpha value is -8.83. The van der Waals surface area contributed by atoms with Crippen molar-refractivity contribution in [2.45, 2.75) is 98.5 Å². The van der Waals surface area contributed by atoms with Gasteiger partial charge in [0.2, 0.25) is 18.3 Å². The van der Waals surface area contributed by atoms with Crippen molar-refractivity contribution in [3.63, 3.8) is 0 Å². The molecule has 468 valence electrons. The van der Waals surface area contributed by atoms with Gasteiger partial charge in [-0.1, -0.05) is 12.1 Å². The van der Waals surface area contributed by atoms with Crippen molar-refractivity contribution in [2.75, 3.05) is 34.0 Å². The second-order valence-electron chi connectivity index (χ2n) is 19.6. The van der Waals surface area contributed by atoms with Gasteiger partial charge < -0.3 is 129 Å². The third-order valence-electron chi connectivity index (χ3n) is 13.6. The predicted octanol–water partition coefficient (Wildman–Crippen LogP) is -0.632. The molecule has 31 heteroatoms. The van der Waals surface area contributed by atoms with Gasteiger partial charge in [0.1, 0.15) is 110 Å². The van der Waals surface area contributed by atoms with Gasteiger partial charge in [0.05, 0.1) is 25.8 Å². The van der Waals surface area contributed by atoms with E-state index in [9.17, 15) is 90.7 Å². The molecule has 3 fully saturated rings. The third-order valence-corrected chi connectivity index (χ3v) is 13.6. The fourth-order valence-electron chi connectivity index (χ4n) is 9.00. The minimum absolute atomic E-state index is 0.0712.